The number of sulfone groups is 1. The third kappa shape index (κ3) is 5.14. The van der Waals surface area contributed by atoms with Crippen molar-refractivity contribution in [3.05, 3.63) is 36.0 Å². The van der Waals surface area contributed by atoms with E-state index in [1.807, 2.05) is 13.0 Å². The molecule has 12 heteroatoms. The summed E-state index contributed by atoms with van der Waals surface area (Å²) in [5.41, 5.74) is 0.920. The van der Waals surface area contributed by atoms with Crippen molar-refractivity contribution in [1.29, 1.82) is 0 Å². The van der Waals surface area contributed by atoms with Crippen molar-refractivity contribution in [2.45, 2.75) is 21.9 Å². The lowest BCUT2D eigenvalue weighted by Crippen LogP contribution is -2.44. The quantitative estimate of drug-likeness (QED) is 0.438. The molecule has 10 nitrogen and oxygen atoms in total. The fourth-order valence-electron chi connectivity index (χ4n) is 3.29. The molecule has 1 saturated heterocycles. The van der Waals surface area contributed by atoms with Gasteiger partial charge in [-0.1, -0.05) is 0 Å². The summed E-state index contributed by atoms with van der Waals surface area (Å²) < 4.78 is 29.2. The molecule has 0 aliphatic carbocycles. The maximum atomic E-state index is 11.7. The van der Waals surface area contributed by atoms with Crippen LogP contribution in [0, 0.1) is 6.92 Å². The first-order chi connectivity index (χ1) is 15.3. The molecule has 3 aromatic rings. The van der Waals surface area contributed by atoms with Crippen molar-refractivity contribution in [3.63, 3.8) is 0 Å². The Morgan fingerprint density at radius 1 is 1.16 bits per heavy atom. The van der Waals surface area contributed by atoms with Gasteiger partial charge < -0.3 is 20.3 Å². The molecule has 2 aromatic heterocycles. The van der Waals surface area contributed by atoms with Crippen LogP contribution in [0.5, 0.6) is 5.75 Å². The van der Waals surface area contributed by atoms with E-state index in [2.05, 4.69) is 30.7 Å². The average molecular weight is 476 g/mol. The van der Waals surface area contributed by atoms with Crippen LogP contribution in [0.15, 0.2) is 45.3 Å². The van der Waals surface area contributed by atoms with E-state index >= 15 is 0 Å². The molecule has 1 aliphatic rings. The summed E-state index contributed by atoms with van der Waals surface area (Å²) in [7, 11) is -1.65. The zero-order valence-electron chi connectivity index (χ0n) is 18.0. The Bertz CT molecular complexity index is 1190. The number of piperazine rings is 1. The Hall–Kier alpha value is -2.83. The van der Waals surface area contributed by atoms with Crippen LogP contribution in [-0.2, 0) is 9.84 Å². The highest BCUT2D eigenvalue weighted by atomic mass is 32.2. The van der Waals surface area contributed by atoms with Gasteiger partial charge in [0.25, 0.3) is 0 Å². The van der Waals surface area contributed by atoms with Crippen molar-refractivity contribution in [3.8, 4) is 5.75 Å². The summed E-state index contributed by atoms with van der Waals surface area (Å²) in [5.74, 6) is 2.38. The first kappa shape index (κ1) is 22.4. The number of aromatic amines is 1. The molecular weight excluding hydrogens is 450 g/mol. The molecule has 1 aromatic carbocycles. The maximum absolute atomic E-state index is 11.7. The Morgan fingerprint density at radius 3 is 2.47 bits per heavy atom. The van der Waals surface area contributed by atoms with Crippen molar-refractivity contribution >= 4 is 39.1 Å². The highest BCUT2D eigenvalue weighted by Crippen LogP contribution is 2.38. The fraction of sp³-hybridized carbons (Fsp3) is 0.350. The minimum atomic E-state index is -3.25. The molecular formula is C20H25N7O3S2. The van der Waals surface area contributed by atoms with E-state index < -0.39 is 9.84 Å². The number of nitrogens with zero attached hydrogens (tertiary/aromatic N) is 4. The first-order valence-electron chi connectivity index (χ1n) is 10.0. The van der Waals surface area contributed by atoms with Crippen LogP contribution in [0.4, 0.5) is 17.5 Å². The van der Waals surface area contributed by atoms with Crippen LogP contribution in [0.25, 0.3) is 0 Å². The standard InChI is InChI=1S/C20H25N7O3S2/c1-13-12-16(26-25-13)22-18-17(30-2)19(27-10-8-21-9-11-27)24-20(23-18)31-14-4-6-15(7-5-14)32(3,28)29/h4-7,12,21H,8-11H2,1-3H3,(H2,22,23,24,25,26). The summed E-state index contributed by atoms with van der Waals surface area (Å²) in [6.07, 6.45) is 1.19. The predicted molar refractivity (Wildman–Crippen MR) is 124 cm³/mol. The van der Waals surface area contributed by atoms with Crippen LogP contribution < -0.4 is 20.3 Å². The number of H-pyrrole nitrogens is 1. The summed E-state index contributed by atoms with van der Waals surface area (Å²) >= 11 is 1.35. The first-order valence-corrected chi connectivity index (χ1v) is 12.7. The van der Waals surface area contributed by atoms with Crippen LogP contribution in [0.3, 0.4) is 0 Å². The number of hydrogen-bond donors (Lipinski definition) is 3. The van der Waals surface area contributed by atoms with E-state index in [0.717, 1.165) is 36.8 Å². The molecule has 0 atom stereocenters. The monoisotopic (exact) mass is 475 g/mol. The minimum absolute atomic E-state index is 0.273. The van der Waals surface area contributed by atoms with Gasteiger partial charge in [0.2, 0.25) is 5.75 Å². The molecule has 0 spiro atoms. The number of benzene rings is 1. The van der Waals surface area contributed by atoms with Gasteiger partial charge in [0.15, 0.2) is 32.4 Å². The predicted octanol–water partition coefficient (Wildman–Crippen LogP) is 2.22. The van der Waals surface area contributed by atoms with Gasteiger partial charge in [-0.25, -0.2) is 18.4 Å². The van der Waals surface area contributed by atoms with E-state index in [9.17, 15) is 8.42 Å². The molecule has 3 N–H and O–H groups in total. The third-order valence-corrected chi connectivity index (χ3v) is 6.86. The Morgan fingerprint density at radius 2 is 1.88 bits per heavy atom. The number of nitrogens with one attached hydrogen (secondary N) is 3. The van der Waals surface area contributed by atoms with Gasteiger partial charge in [-0.15, -0.1) is 0 Å². The van der Waals surface area contributed by atoms with Gasteiger partial charge in [-0.05, 0) is 43.0 Å². The van der Waals surface area contributed by atoms with E-state index in [-0.39, 0.29) is 4.90 Å². The van der Waals surface area contributed by atoms with Crippen molar-refractivity contribution in [1.82, 2.24) is 25.5 Å². The third-order valence-electron chi connectivity index (χ3n) is 4.86. The number of methoxy groups -OCH3 is 1. The maximum Gasteiger partial charge on any atom is 0.204 e. The normalized spacial score (nSPS) is 14.4. The molecule has 170 valence electrons. The second kappa shape index (κ2) is 9.35. The van der Waals surface area contributed by atoms with Crippen LogP contribution in [0.1, 0.15) is 5.69 Å². The zero-order chi connectivity index (χ0) is 22.7. The van der Waals surface area contributed by atoms with E-state index in [0.29, 0.717) is 28.4 Å². The molecule has 0 radical (unpaired) electrons. The highest BCUT2D eigenvalue weighted by Gasteiger charge is 2.23. The van der Waals surface area contributed by atoms with E-state index in [1.165, 1.54) is 18.0 Å². The van der Waals surface area contributed by atoms with Gasteiger partial charge in [0.1, 0.15) is 0 Å². The zero-order valence-corrected chi connectivity index (χ0v) is 19.7. The minimum Gasteiger partial charge on any atom is -0.490 e. The van der Waals surface area contributed by atoms with Crippen molar-refractivity contribution in [2.24, 2.45) is 0 Å². The number of rotatable bonds is 7. The van der Waals surface area contributed by atoms with Crippen LogP contribution in [-0.4, -0.2) is 68.1 Å². The molecule has 3 heterocycles. The Labute approximate surface area is 191 Å². The van der Waals surface area contributed by atoms with Crippen LogP contribution >= 0.6 is 11.8 Å². The number of aromatic nitrogens is 4. The molecule has 4 rings (SSSR count). The molecule has 32 heavy (non-hydrogen) atoms. The Balaban J connectivity index is 1.71. The summed E-state index contributed by atoms with van der Waals surface area (Å²) in [6, 6.07) is 8.56. The van der Waals surface area contributed by atoms with Gasteiger partial charge in [-0.3, -0.25) is 5.10 Å². The summed E-state index contributed by atoms with van der Waals surface area (Å²) in [5, 5.41) is 14.2. The largest absolute Gasteiger partial charge is 0.490 e. The average Bonchev–Trinajstić information content (AvgIpc) is 3.18. The van der Waals surface area contributed by atoms with Gasteiger partial charge in [0, 0.05) is 49.1 Å². The topological polar surface area (TPSA) is 125 Å². The summed E-state index contributed by atoms with van der Waals surface area (Å²) in [6.45, 7) is 5.21. The second-order valence-corrected chi connectivity index (χ2v) is 10.4. The number of aryl methyl sites for hydroxylation is 1. The lowest BCUT2D eigenvalue weighted by molar-refractivity contribution is 0.409. The Kier molecular flexibility index (Phi) is 6.53. The van der Waals surface area contributed by atoms with Gasteiger partial charge >= 0.3 is 0 Å². The molecule has 1 fully saturated rings. The van der Waals surface area contributed by atoms with E-state index in [4.69, 9.17) is 9.72 Å². The smallest absolute Gasteiger partial charge is 0.204 e. The van der Waals surface area contributed by atoms with E-state index in [1.54, 1.807) is 31.4 Å². The van der Waals surface area contributed by atoms with Gasteiger partial charge in [-0.2, -0.15) is 5.10 Å². The van der Waals surface area contributed by atoms with Crippen molar-refractivity contribution < 1.29 is 13.2 Å². The lowest BCUT2D eigenvalue weighted by atomic mass is 10.3. The second-order valence-electron chi connectivity index (χ2n) is 7.36. The van der Waals surface area contributed by atoms with Gasteiger partial charge in [0.05, 0.1) is 12.0 Å². The molecule has 0 bridgehead atoms. The van der Waals surface area contributed by atoms with Crippen LogP contribution in [0.2, 0.25) is 0 Å². The fourth-order valence-corrected chi connectivity index (χ4v) is 4.67. The number of ether oxygens (including phenoxy) is 1. The molecule has 0 amide bonds. The number of hydrogen-bond acceptors (Lipinski definition) is 10. The highest BCUT2D eigenvalue weighted by molar-refractivity contribution is 7.99. The summed E-state index contributed by atoms with van der Waals surface area (Å²) in [4.78, 5) is 12.7. The lowest BCUT2D eigenvalue weighted by Gasteiger charge is -2.30. The number of anilines is 3. The molecule has 0 unspecified atom stereocenters. The molecule has 0 saturated carbocycles. The SMILES string of the molecule is COc1c(Nc2cc(C)[nH]n2)nc(Sc2ccc(S(C)(=O)=O)cc2)nc1N1CCNCC1. The molecule has 1 aliphatic heterocycles. The van der Waals surface area contributed by atoms with Crippen molar-refractivity contribution in [2.75, 3.05) is 49.8 Å².